The van der Waals surface area contributed by atoms with E-state index in [4.69, 9.17) is 10.2 Å². The third-order valence-corrected chi connectivity index (χ3v) is 2.36. The van der Waals surface area contributed by atoms with Crippen LogP contribution in [0.4, 0.5) is 0 Å². The molecule has 15 heavy (non-hydrogen) atoms. The van der Waals surface area contributed by atoms with Crippen LogP contribution in [-0.2, 0) is 0 Å². The number of nitrogens with two attached hydrogens (primary N) is 1. The molecule has 0 saturated heterocycles. The molecule has 1 aromatic heterocycles. The zero-order chi connectivity index (χ0) is 11.0. The lowest BCUT2D eigenvalue weighted by atomic mass is 10.1. The van der Waals surface area contributed by atoms with Crippen LogP contribution in [0, 0.1) is 6.92 Å². The summed E-state index contributed by atoms with van der Waals surface area (Å²) in [7, 11) is 0. The molecule has 0 aliphatic rings. The Morgan fingerprint density at radius 1 is 1.47 bits per heavy atom. The molecule has 0 radical (unpaired) electrons. The molecule has 2 N–H and O–H groups in total. The number of aryl methyl sites for hydroxylation is 1. The molecule has 0 aliphatic carbocycles. The Morgan fingerprint density at radius 3 is 2.80 bits per heavy atom. The first-order valence-electron chi connectivity index (χ1n) is 4.42. The van der Waals surface area contributed by atoms with Crippen LogP contribution < -0.4 is 5.73 Å². The summed E-state index contributed by atoms with van der Waals surface area (Å²) in [6.45, 7) is 1.72. The molecule has 1 aromatic carbocycles. The number of carbonyl (C=O) groups excluding carboxylic acids is 2. The number of carbonyl (C=O) groups is 2. The molecule has 0 saturated carbocycles. The van der Waals surface area contributed by atoms with E-state index in [9.17, 15) is 9.59 Å². The van der Waals surface area contributed by atoms with Gasteiger partial charge >= 0.3 is 0 Å². The predicted octanol–water partition coefficient (Wildman–Crippen LogP) is 1.65. The van der Waals surface area contributed by atoms with Crippen molar-refractivity contribution in [2.24, 2.45) is 5.73 Å². The average Bonchev–Trinajstić information content (AvgIpc) is 2.55. The van der Waals surface area contributed by atoms with E-state index in [1.807, 2.05) is 0 Å². The second-order valence-electron chi connectivity index (χ2n) is 3.25. The fourth-order valence-corrected chi connectivity index (χ4v) is 1.64. The summed E-state index contributed by atoms with van der Waals surface area (Å²) in [5.74, 6) is -0.291. The number of hydrogen-bond acceptors (Lipinski definition) is 3. The molecule has 2 aromatic rings. The summed E-state index contributed by atoms with van der Waals surface area (Å²) in [5, 5.41) is 0.618. The van der Waals surface area contributed by atoms with Crippen LogP contribution in [0.3, 0.4) is 0 Å². The Balaban J connectivity index is 2.90. The van der Waals surface area contributed by atoms with Crippen molar-refractivity contribution in [2.45, 2.75) is 6.92 Å². The van der Waals surface area contributed by atoms with Crippen LogP contribution in [0.2, 0.25) is 0 Å². The van der Waals surface area contributed by atoms with E-state index in [0.29, 0.717) is 28.4 Å². The van der Waals surface area contributed by atoms with Crippen LogP contribution in [-0.4, -0.2) is 12.2 Å². The first kappa shape index (κ1) is 9.45. The summed E-state index contributed by atoms with van der Waals surface area (Å²) in [6.07, 6.45) is 0.625. The van der Waals surface area contributed by atoms with Gasteiger partial charge in [-0.1, -0.05) is 6.07 Å². The summed E-state index contributed by atoms with van der Waals surface area (Å²) in [5.41, 5.74) is 6.76. The average molecular weight is 203 g/mol. The molecule has 0 spiro atoms. The number of amides is 1. The Morgan fingerprint density at radius 2 is 2.20 bits per heavy atom. The smallest absolute Gasteiger partial charge is 0.249 e. The van der Waals surface area contributed by atoms with Crippen LogP contribution in [0.25, 0.3) is 11.0 Å². The normalized spacial score (nSPS) is 10.5. The van der Waals surface area contributed by atoms with Gasteiger partial charge in [0, 0.05) is 10.9 Å². The molecule has 0 unspecified atom stereocenters. The van der Waals surface area contributed by atoms with Crippen LogP contribution in [0.1, 0.15) is 26.5 Å². The topological polar surface area (TPSA) is 73.3 Å². The highest BCUT2D eigenvalue weighted by Crippen LogP contribution is 2.27. The number of furan rings is 1. The van der Waals surface area contributed by atoms with E-state index in [-0.39, 0.29) is 5.76 Å². The second-order valence-corrected chi connectivity index (χ2v) is 3.25. The summed E-state index contributed by atoms with van der Waals surface area (Å²) in [6, 6.07) is 4.98. The van der Waals surface area contributed by atoms with Crippen molar-refractivity contribution in [1.29, 1.82) is 0 Å². The van der Waals surface area contributed by atoms with E-state index in [2.05, 4.69) is 0 Å². The SMILES string of the molecule is Cc1c(C=O)oc2cccc(C(N)=O)c12. The molecule has 1 amide bonds. The van der Waals surface area contributed by atoms with Crippen LogP contribution in [0.15, 0.2) is 22.6 Å². The number of fused-ring (bicyclic) bond motifs is 1. The number of primary amides is 1. The Bertz CT molecular complexity index is 554. The van der Waals surface area contributed by atoms with Gasteiger partial charge in [0.1, 0.15) is 5.58 Å². The van der Waals surface area contributed by atoms with Gasteiger partial charge in [-0.05, 0) is 19.1 Å². The lowest BCUT2D eigenvalue weighted by Gasteiger charge is -1.97. The third-order valence-electron chi connectivity index (χ3n) is 2.36. The third kappa shape index (κ3) is 1.30. The van der Waals surface area contributed by atoms with E-state index in [1.165, 1.54) is 0 Å². The fraction of sp³-hybridized carbons (Fsp3) is 0.0909. The maximum Gasteiger partial charge on any atom is 0.249 e. The molecule has 1 heterocycles. The Hall–Kier alpha value is -2.10. The van der Waals surface area contributed by atoms with E-state index in [1.54, 1.807) is 25.1 Å². The molecular weight excluding hydrogens is 194 g/mol. The predicted molar refractivity (Wildman–Crippen MR) is 54.9 cm³/mol. The largest absolute Gasteiger partial charge is 0.453 e. The molecular formula is C11H9NO3. The quantitative estimate of drug-likeness (QED) is 0.754. The maximum absolute atomic E-state index is 11.2. The first-order chi connectivity index (χ1) is 7.15. The zero-order valence-electron chi connectivity index (χ0n) is 8.11. The van der Waals surface area contributed by atoms with Gasteiger partial charge in [-0.25, -0.2) is 0 Å². The molecule has 4 heteroatoms. The molecule has 0 fully saturated rings. The number of aldehydes is 1. The van der Waals surface area contributed by atoms with Crippen molar-refractivity contribution in [2.75, 3.05) is 0 Å². The number of hydrogen-bond donors (Lipinski definition) is 1. The minimum atomic E-state index is -0.526. The highest BCUT2D eigenvalue weighted by atomic mass is 16.3. The maximum atomic E-state index is 11.2. The van der Waals surface area contributed by atoms with Gasteiger partial charge in [-0.15, -0.1) is 0 Å². The highest BCUT2D eigenvalue weighted by Gasteiger charge is 2.15. The Kier molecular flexibility index (Phi) is 2.04. The minimum Gasteiger partial charge on any atom is -0.453 e. The van der Waals surface area contributed by atoms with Crippen molar-refractivity contribution in [3.05, 3.63) is 35.1 Å². The van der Waals surface area contributed by atoms with Gasteiger partial charge in [0.25, 0.3) is 0 Å². The number of benzene rings is 1. The van der Waals surface area contributed by atoms with Crippen molar-refractivity contribution in [1.82, 2.24) is 0 Å². The van der Waals surface area contributed by atoms with E-state index < -0.39 is 5.91 Å². The van der Waals surface area contributed by atoms with Gasteiger partial charge in [0.15, 0.2) is 12.0 Å². The molecule has 4 nitrogen and oxygen atoms in total. The standard InChI is InChI=1S/C11H9NO3/c1-6-9(5-13)15-8-4-2-3-7(10(6)8)11(12)14/h2-5H,1H3,(H2,12,14). The Labute approximate surface area is 85.7 Å². The zero-order valence-corrected chi connectivity index (χ0v) is 8.11. The van der Waals surface area contributed by atoms with E-state index >= 15 is 0 Å². The van der Waals surface area contributed by atoms with Gasteiger partial charge in [-0.3, -0.25) is 9.59 Å². The van der Waals surface area contributed by atoms with Gasteiger partial charge in [-0.2, -0.15) is 0 Å². The van der Waals surface area contributed by atoms with Crippen LogP contribution in [0.5, 0.6) is 0 Å². The molecule has 0 aliphatic heterocycles. The summed E-state index contributed by atoms with van der Waals surface area (Å²) >= 11 is 0. The molecule has 0 bridgehead atoms. The molecule has 0 atom stereocenters. The van der Waals surface area contributed by atoms with Gasteiger partial charge < -0.3 is 10.2 Å². The van der Waals surface area contributed by atoms with Gasteiger partial charge in [0.2, 0.25) is 5.91 Å². The minimum absolute atomic E-state index is 0.235. The van der Waals surface area contributed by atoms with Crippen molar-refractivity contribution in [3.8, 4) is 0 Å². The highest BCUT2D eigenvalue weighted by molar-refractivity contribution is 6.07. The lowest BCUT2D eigenvalue weighted by Crippen LogP contribution is -2.11. The molecule has 2 rings (SSSR count). The van der Waals surface area contributed by atoms with Crippen molar-refractivity contribution in [3.63, 3.8) is 0 Å². The van der Waals surface area contributed by atoms with Crippen molar-refractivity contribution < 1.29 is 14.0 Å². The first-order valence-corrected chi connectivity index (χ1v) is 4.42. The summed E-state index contributed by atoms with van der Waals surface area (Å²) in [4.78, 5) is 21.8. The van der Waals surface area contributed by atoms with Crippen LogP contribution >= 0.6 is 0 Å². The van der Waals surface area contributed by atoms with Crippen molar-refractivity contribution >= 4 is 23.2 Å². The fourth-order valence-electron chi connectivity index (χ4n) is 1.64. The monoisotopic (exact) mass is 203 g/mol. The van der Waals surface area contributed by atoms with E-state index in [0.717, 1.165) is 0 Å². The lowest BCUT2D eigenvalue weighted by molar-refractivity contribution is 0.100. The molecule has 76 valence electrons. The summed E-state index contributed by atoms with van der Waals surface area (Å²) < 4.78 is 5.26. The van der Waals surface area contributed by atoms with Gasteiger partial charge in [0.05, 0.1) is 5.56 Å². The second kappa shape index (κ2) is 3.24. The number of rotatable bonds is 2.